The van der Waals surface area contributed by atoms with E-state index in [2.05, 4.69) is 18.8 Å². The minimum atomic E-state index is -0.560. The van der Waals surface area contributed by atoms with Crippen LogP contribution in [0.15, 0.2) is 41.5 Å². The molecule has 0 N–H and O–H groups in total. The molecule has 1 aromatic carbocycles. The molecule has 0 aliphatic heterocycles. The number of rotatable bonds is 6. The summed E-state index contributed by atoms with van der Waals surface area (Å²) in [7, 11) is 3.49. The van der Waals surface area contributed by atoms with E-state index in [1.807, 2.05) is 45.0 Å². The molecule has 0 aliphatic carbocycles. The minimum Gasteiger partial charge on any atom is -0.491 e. The van der Waals surface area contributed by atoms with Crippen LogP contribution in [0.2, 0.25) is 0 Å². The number of nitrogens with zero attached hydrogens (tertiary/aromatic N) is 3. The molecule has 0 radical (unpaired) electrons. The lowest BCUT2D eigenvalue weighted by atomic mass is 10.0. The second kappa shape index (κ2) is 9.18. The van der Waals surface area contributed by atoms with E-state index in [0.29, 0.717) is 23.7 Å². The van der Waals surface area contributed by atoms with Crippen LogP contribution in [0.25, 0.3) is 21.7 Å². The summed E-state index contributed by atoms with van der Waals surface area (Å²) >= 11 is 0. The van der Waals surface area contributed by atoms with Gasteiger partial charge in [0.25, 0.3) is 5.56 Å². The zero-order chi connectivity index (χ0) is 23.6. The summed E-state index contributed by atoms with van der Waals surface area (Å²) in [6.45, 7) is 10.1. The fraction of sp³-hybridized carbons (Fsp3) is 0.480. The monoisotopic (exact) mass is 439 g/mol. The van der Waals surface area contributed by atoms with Gasteiger partial charge in [-0.15, -0.1) is 0 Å². The SMILES string of the molecule is CC(C)C[C@@H](COc1ccc2c3ccncc3c(=O)n(C)c2c1)N(C)C(=O)OC(C)(C)C. The molecule has 0 saturated heterocycles. The first-order valence-electron chi connectivity index (χ1n) is 10.9. The number of fused-ring (bicyclic) bond motifs is 3. The number of carbonyl (C=O) groups excluding carboxylic acids is 1. The number of aromatic nitrogens is 2. The van der Waals surface area contributed by atoms with Crippen molar-refractivity contribution in [2.45, 2.75) is 52.7 Å². The van der Waals surface area contributed by atoms with Gasteiger partial charge in [0, 0.05) is 37.9 Å². The number of amides is 1. The maximum Gasteiger partial charge on any atom is 0.410 e. The van der Waals surface area contributed by atoms with E-state index in [1.54, 1.807) is 36.0 Å². The van der Waals surface area contributed by atoms with Gasteiger partial charge in [0.05, 0.1) is 16.9 Å². The Morgan fingerprint density at radius 3 is 2.53 bits per heavy atom. The number of hydrogen-bond donors (Lipinski definition) is 0. The Morgan fingerprint density at radius 1 is 1.16 bits per heavy atom. The summed E-state index contributed by atoms with van der Waals surface area (Å²) in [5.41, 5.74) is 0.128. The maximum atomic E-state index is 12.7. The molecule has 1 amide bonds. The molecule has 0 bridgehead atoms. The molecular formula is C25H33N3O4. The van der Waals surface area contributed by atoms with Gasteiger partial charge in [-0.05, 0) is 56.7 Å². The van der Waals surface area contributed by atoms with E-state index >= 15 is 0 Å². The van der Waals surface area contributed by atoms with Crippen molar-refractivity contribution < 1.29 is 14.3 Å². The third-order valence-electron chi connectivity index (χ3n) is 5.39. The third-order valence-corrected chi connectivity index (χ3v) is 5.39. The first-order chi connectivity index (χ1) is 15.0. The Bertz CT molecular complexity index is 1180. The van der Waals surface area contributed by atoms with Crippen LogP contribution in [0.3, 0.4) is 0 Å². The number of carbonyl (C=O) groups is 1. The van der Waals surface area contributed by atoms with E-state index in [0.717, 1.165) is 22.7 Å². The zero-order valence-electron chi connectivity index (χ0n) is 20.0. The molecule has 1 atom stereocenters. The number of hydrogen-bond acceptors (Lipinski definition) is 5. The summed E-state index contributed by atoms with van der Waals surface area (Å²) in [5, 5.41) is 2.42. The number of aryl methyl sites for hydroxylation is 1. The molecule has 0 spiro atoms. The van der Waals surface area contributed by atoms with E-state index < -0.39 is 5.60 Å². The van der Waals surface area contributed by atoms with Gasteiger partial charge in [-0.25, -0.2) is 4.79 Å². The normalized spacial score (nSPS) is 12.9. The molecule has 0 unspecified atom stereocenters. The predicted molar refractivity (Wildman–Crippen MR) is 127 cm³/mol. The molecule has 2 heterocycles. The molecular weight excluding hydrogens is 406 g/mol. The summed E-state index contributed by atoms with van der Waals surface area (Å²) in [6, 6.07) is 7.44. The molecule has 0 aliphatic rings. The highest BCUT2D eigenvalue weighted by Gasteiger charge is 2.26. The van der Waals surface area contributed by atoms with Crippen molar-refractivity contribution in [3.05, 3.63) is 47.0 Å². The van der Waals surface area contributed by atoms with E-state index in [9.17, 15) is 9.59 Å². The van der Waals surface area contributed by atoms with Crippen molar-refractivity contribution in [1.29, 1.82) is 0 Å². The second-order valence-corrected chi connectivity index (χ2v) is 9.65. The van der Waals surface area contributed by atoms with Gasteiger partial charge in [0.2, 0.25) is 0 Å². The van der Waals surface area contributed by atoms with Gasteiger partial charge < -0.3 is 18.9 Å². The summed E-state index contributed by atoms with van der Waals surface area (Å²) in [5.74, 6) is 1.03. The van der Waals surface area contributed by atoms with Crippen LogP contribution in [0, 0.1) is 5.92 Å². The molecule has 3 rings (SSSR count). The predicted octanol–water partition coefficient (Wildman–Crippen LogP) is 4.75. The number of pyridine rings is 2. The first-order valence-corrected chi connectivity index (χ1v) is 10.9. The van der Waals surface area contributed by atoms with Crippen LogP contribution in [-0.4, -0.2) is 45.8 Å². The summed E-state index contributed by atoms with van der Waals surface area (Å²) in [4.78, 5) is 31.0. The lowest BCUT2D eigenvalue weighted by Gasteiger charge is -2.31. The van der Waals surface area contributed by atoms with Gasteiger partial charge in [-0.3, -0.25) is 9.78 Å². The number of likely N-dealkylation sites (N-methyl/N-ethyl adjacent to an activating group) is 1. The van der Waals surface area contributed by atoms with Crippen LogP contribution in [0.1, 0.15) is 41.0 Å². The molecule has 2 aromatic heterocycles. The van der Waals surface area contributed by atoms with E-state index in [-0.39, 0.29) is 17.7 Å². The van der Waals surface area contributed by atoms with Crippen molar-refractivity contribution in [3.8, 4) is 5.75 Å². The lowest BCUT2D eigenvalue weighted by Crippen LogP contribution is -2.44. The van der Waals surface area contributed by atoms with Crippen LogP contribution >= 0.6 is 0 Å². The van der Waals surface area contributed by atoms with Crippen molar-refractivity contribution >= 4 is 27.8 Å². The van der Waals surface area contributed by atoms with Gasteiger partial charge in [-0.2, -0.15) is 0 Å². The average Bonchev–Trinajstić information content (AvgIpc) is 2.72. The fourth-order valence-electron chi connectivity index (χ4n) is 3.75. The largest absolute Gasteiger partial charge is 0.491 e. The van der Waals surface area contributed by atoms with Crippen molar-refractivity contribution in [1.82, 2.24) is 14.5 Å². The topological polar surface area (TPSA) is 73.7 Å². The smallest absolute Gasteiger partial charge is 0.410 e. The highest BCUT2D eigenvalue weighted by Crippen LogP contribution is 2.26. The zero-order valence-corrected chi connectivity index (χ0v) is 20.0. The molecule has 172 valence electrons. The third kappa shape index (κ3) is 5.21. The fourth-order valence-corrected chi connectivity index (χ4v) is 3.75. The lowest BCUT2D eigenvalue weighted by molar-refractivity contribution is 0.0153. The molecule has 32 heavy (non-hydrogen) atoms. The quantitative estimate of drug-likeness (QED) is 0.518. The second-order valence-electron chi connectivity index (χ2n) is 9.65. The summed E-state index contributed by atoms with van der Waals surface area (Å²) < 4.78 is 13.3. The van der Waals surface area contributed by atoms with E-state index in [1.165, 1.54) is 0 Å². The Morgan fingerprint density at radius 2 is 1.88 bits per heavy atom. The number of ether oxygens (including phenoxy) is 2. The minimum absolute atomic E-state index is 0.0971. The molecule has 0 fully saturated rings. The average molecular weight is 440 g/mol. The Hall–Kier alpha value is -3.09. The first kappa shape index (κ1) is 23.6. The Balaban J connectivity index is 1.86. The standard InChI is InChI=1S/C25H33N3O4/c1-16(2)12-17(27(6)24(30)32-25(3,4)5)15-31-18-8-9-20-19-10-11-26-14-21(19)23(29)28(7)22(20)13-18/h8-11,13-14,16-17H,12,15H2,1-7H3/t17-/m0/s1. The van der Waals surface area contributed by atoms with Crippen LogP contribution in [-0.2, 0) is 11.8 Å². The van der Waals surface area contributed by atoms with Crippen LogP contribution in [0.5, 0.6) is 5.75 Å². The van der Waals surface area contributed by atoms with E-state index in [4.69, 9.17) is 9.47 Å². The Kier molecular flexibility index (Phi) is 6.77. The van der Waals surface area contributed by atoms with Gasteiger partial charge in [0.15, 0.2) is 0 Å². The Labute approximate surface area is 188 Å². The molecule has 7 heteroatoms. The molecule has 3 aromatic rings. The van der Waals surface area contributed by atoms with Gasteiger partial charge in [-0.1, -0.05) is 13.8 Å². The molecule has 0 saturated carbocycles. The van der Waals surface area contributed by atoms with Crippen LogP contribution in [0.4, 0.5) is 4.79 Å². The maximum absolute atomic E-state index is 12.7. The number of benzene rings is 1. The molecule has 7 nitrogen and oxygen atoms in total. The van der Waals surface area contributed by atoms with Crippen molar-refractivity contribution in [3.63, 3.8) is 0 Å². The van der Waals surface area contributed by atoms with Gasteiger partial charge >= 0.3 is 6.09 Å². The highest BCUT2D eigenvalue weighted by molar-refractivity contribution is 6.05. The van der Waals surface area contributed by atoms with Gasteiger partial charge in [0.1, 0.15) is 18.0 Å². The summed E-state index contributed by atoms with van der Waals surface area (Å²) in [6.07, 6.45) is 3.70. The van der Waals surface area contributed by atoms with Crippen molar-refractivity contribution in [2.75, 3.05) is 13.7 Å². The highest BCUT2D eigenvalue weighted by atomic mass is 16.6. The van der Waals surface area contributed by atoms with Crippen molar-refractivity contribution in [2.24, 2.45) is 13.0 Å². The van der Waals surface area contributed by atoms with Crippen LogP contribution < -0.4 is 10.3 Å².